The Balaban J connectivity index is 1.02. The van der Waals surface area contributed by atoms with Gasteiger partial charge in [-0.1, -0.05) is 37.4 Å². The Morgan fingerprint density at radius 3 is 1.17 bits per heavy atom. The zero-order valence-corrected chi connectivity index (χ0v) is 35.6. The minimum absolute atomic E-state index is 0.0142. The molecule has 0 amide bonds. The first-order valence-electron chi connectivity index (χ1n) is 21.3. The van der Waals surface area contributed by atoms with Crippen molar-refractivity contribution in [2.75, 3.05) is 26.4 Å². The van der Waals surface area contributed by atoms with E-state index in [1.807, 2.05) is 36.4 Å². The quantitative estimate of drug-likeness (QED) is 0.0288. The number of hydrogen-bond donors (Lipinski definition) is 0. The van der Waals surface area contributed by atoms with E-state index in [-0.39, 0.29) is 5.78 Å². The SMILES string of the molecule is C=CC(=O)OCCCCCCOc1ccc(C(=O)Oc2ccc(/C=C3\CCC/C(=C\c4ccc(OC(=O)c5ccc(OCCCCCCOC(=O)C=C)cc5)cc4)C3=O)cc2)cc1. The van der Waals surface area contributed by atoms with Gasteiger partial charge in [-0.05, 0) is 167 Å². The molecule has 0 atom stereocenters. The zero-order chi connectivity index (χ0) is 44.7. The standard InChI is InChI=1S/C52H54O11/c1-3-48(53)60-34-11-7-5-9-32-58-44-28-20-40(21-29-44)51(56)62-46-24-16-38(17-25-46)36-42-14-13-15-43(50(42)55)37-39-18-26-47(27-19-39)63-52(57)41-22-30-45(31-23-41)59-33-10-6-8-12-35-61-49(54)4-2/h3-4,16-31,36-37H,1-2,5-15,32-35H2/b42-36+,43-37+. The normalized spacial score (nSPS) is 13.5. The molecule has 1 fully saturated rings. The highest BCUT2D eigenvalue weighted by molar-refractivity contribution is 6.14. The Labute approximate surface area is 369 Å². The molecule has 0 heterocycles. The first kappa shape index (κ1) is 47.0. The van der Waals surface area contributed by atoms with Crippen molar-refractivity contribution in [3.63, 3.8) is 0 Å². The maximum Gasteiger partial charge on any atom is 0.343 e. The third-order valence-electron chi connectivity index (χ3n) is 9.96. The highest BCUT2D eigenvalue weighted by Crippen LogP contribution is 2.29. The van der Waals surface area contributed by atoms with Crippen LogP contribution in [0.2, 0.25) is 0 Å². The van der Waals surface area contributed by atoms with Crippen molar-refractivity contribution in [3.05, 3.63) is 156 Å². The van der Waals surface area contributed by atoms with E-state index in [1.165, 1.54) is 0 Å². The fourth-order valence-electron chi connectivity index (χ4n) is 6.51. The first-order valence-corrected chi connectivity index (χ1v) is 21.3. The number of allylic oxidation sites excluding steroid dienone is 2. The van der Waals surface area contributed by atoms with E-state index in [4.69, 9.17) is 28.4 Å². The van der Waals surface area contributed by atoms with Crippen molar-refractivity contribution in [1.29, 1.82) is 0 Å². The molecule has 11 nitrogen and oxygen atoms in total. The summed E-state index contributed by atoms with van der Waals surface area (Å²) in [4.78, 5) is 61.3. The fraction of sp³-hybridized carbons (Fsp3) is 0.288. The Kier molecular flexibility index (Phi) is 19.2. The lowest BCUT2D eigenvalue weighted by molar-refractivity contribution is -0.138. The molecule has 0 aromatic heterocycles. The van der Waals surface area contributed by atoms with Crippen LogP contribution < -0.4 is 18.9 Å². The number of carbonyl (C=O) groups is 5. The number of hydrogen-bond acceptors (Lipinski definition) is 11. The third kappa shape index (κ3) is 16.4. The highest BCUT2D eigenvalue weighted by atomic mass is 16.5. The van der Waals surface area contributed by atoms with Gasteiger partial charge >= 0.3 is 23.9 Å². The second-order valence-corrected chi connectivity index (χ2v) is 14.8. The minimum Gasteiger partial charge on any atom is -0.494 e. The molecule has 0 radical (unpaired) electrons. The van der Waals surface area contributed by atoms with Crippen molar-refractivity contribution < 1.29 is 52.4 Å². The summed E-state index contributed by atoms with van der Waals surface area (Å²) in [6.07, 6.45) is 15.2. The van der Waals surface area contributed by atoms with Gasteiger partial charge in [0.15, 0.2) is 5.78 Å². The molecule has 0 saturated heterocycles. The van der Waals surface area contributed by atoms with Crippen LogP contribution in [-0.2, 0) is 23.9 Å². The molecular formula is C52H54O11. The molecule has 328 valence electrons. The summed E-state index contributed by atoms with van der Waals surface area (Å²) in [6, 6.07) is 27.7. The maximum absolute atomic E-state index is 13.5. The summed E-state index contributed by atoms with van der Waals surface area (Å²) in [5, 5.41) is 0. The Morgan fingerprint density at radius 2 is 0.810 bits per heavy atom. The molecule has 0 bridgehead atoms. The molecule has 0 N–H and O–H groups in total. The molecule has 0 unspecified atom stereocenters. The van der Waals surface area contributed by atoms with Crippen LogP contribution in [0.1, 0.15) is 102 Å². The van der Waals surface area contributed by atoms with Crippen LogP contribution in [0.15, 0.2) is 134 Å². The smallest absolute Gasteiger partial charge is 0.343 e. The van der Waals surface area contributed by atoms with Gasteiger partial charge in [-0.15, -0.1) is 0 Å². The summed E-state index contributed by atoms with van der Waals surface area (Å²) in [5.74, 6) is 0.274. The number of ether oxygens (including phenoxy) is 6. The van der Waals surface area contributed by atoms with E-state index in [2.05, 4.69) is 13.2 Å². The maximum atomic E-state index is 13.5. The molecule has 1 aliphatic carbocycles. The molecule has 5 rings (SSSR count). The van der Waals surface area contributed by atoms with Crippen LogP contribution in [0.25, 0.3) is 12.2 Å². The van der Waals surface area contributed by atoms with Crippen LogP contribution in [0.4, 0.5) is 0 Å². The number of carbonyl (C=O) groups excluding carboxylic acids is 5. The van der Waals surface area contributed by atoms with Crippen molar-refractivity contribution in [1.82, 2.24) is 0 Å². The average Bonchev–Trinajstić information content (AvgIpc) is 3.30. The number of ketones is 1. The molecule has 1 aliphatic rings. The number of unbranched alkanes of at least 4 members (excludes halogenated alkanes) is 6. The lowest BCUT2D eigenvalue weighted by Crippen LogP contribution is -2.12. The summed E-state index contributed by atoms with van der Waals surface area (Å²) >= 11 is 0. The summed E-state index contributed by atoms with van der Waals surface area (Å²) in [7, 11) is 0. The Morgan fingerprint density at radius 1 is 0.460 bits per heavy atom. The summed E-state index contributed by atoms with van der Waals surface area (Å²) < 4.78 is 32.7. The Bertz CT molecular complexity index is 2060. The van der Waals surface area contributed by atoms with Crippen LogP contribution in [0, 0.1) is 0 Å². The monoisotopic (exact) mass is 854 g/mol. The van der Waals surface area contributed by atoms with E-state index in [0.717, 1.165) is 81.1 Å². The molecular weight excluding hydrogens is 801 g/mol. The predicted octanol–water partition coefficient (Wildman–Crippen LogP) is 10.7. The van der Waals surface area contributed by atoms with Crippen LogP contribution >= 0.6 is 0 Å². The molecule has 0 aliphatic heterocycles. The number of esters is 4. The highest BCUT2D eigenvalue weighted by Gasteiger charge is 2.21. The van der Waals surface area contributed by atoms with Crippen molar-refractivity contribution in [3.8, 4) is 23.0 Å². The number of benzene rings is 4. The van der Waals surface area contributed by atoms with Gasteiger partial charge in [-0.2, -0.15) is 0 Å². The predicted molar refractivity (Wildman–Crippen MR) is 241 cm³/mol. The topological polar surface area (TPSA) is 141 Å². The largest absolute Gasteiger partial charge is 0.494 e. The van der Waals surface area contributed by atoms with Crippen LogP contribution in [-0.4, -0.2) is 56.1 Å². The molecule has 63 heavy (non-hydrogen) atoms. The van der Waals surface area contributed by atoms with E-state index < -0.39 is 23.9 Å². The second-order valence-electron chi connectivity index (χ2n) is 14.8. The molecule has 0 spiro atoms. The molecule has 1 saturated carbocycles. The second kappa shape index (κ2) is 25.7. The fourth-order valence-corrected chi connectivity index (χ4v) is 6.51. The van der Waals surface area contributed by atoms with E-state index in [9.17, 15) is 24.0 Å². The summed E-state index contributed by atoms with van der Waals surface area (Å²) in [6.45, 7) is 8.59. The lowest BCUT2D eigenvalue weighted by atomic mass is 9.87. The van der Waals surface area contributed by atoms with Crippen LogP contribution in [0.5, 0.6) is 23.0 Å². The van der Waals surface area contributed by atoms with E-state index in [0.29, 0.717) is 84.5 Å². The molecule has 11 heteroatoms. The van der Waals surface area contributed by atoms with E-state index in [1.54, 1.807) is 72.8 Å². The average molecular weight is 855 g/mol. The first-order chi connectivity index (χ1) is 30.7. The van der Waals surface area contributed by atoms with Crippen LogP contribution in [0.3, 0.4) is 0 Å². The number of Topliss-reactive ketones (excluding diaryl/α,β-unsaturated/α-hetero) is 1. The Hall–Kier alpha value is -7.01. The number of rotatable bonds is 24. The lowest BCUT2D eigenvalue weighted by Gasteiger charge is -2.17. The molecule has 4 aromatic carbocycles. The molecule has 4 aromatic rings. The van der Waals surface area contributed by atoms with Gasteiger partial charge in [0.25, 0.3) is 0 Å². The van der Waals surface area contributed by atoms with Gasteiger partial charge in [0, 0.05) is 23.3 Å². The summed E-state index contributed by atoms with van der Waals surface area (Å²) in [5.41, 5.74) is 3.82. The van der Waals surface area contributed by atoms with Gasteiger partial charge in [0.1, 0.15) is 23.0 Å². The zero-order valence-electron chi connectivity index (χ0n) is 35.6. The minimum atomic E-state index is -0.493. The van der Waals surface area contributed by atoms with Gasteiger partial charge in [0.05, 0.1) is 37.6 Å². The van der Waals surface area contributed by atoms with Gasteiger partial charge < -0.3 is 28.4 Å². The van der Waals surface area contributed by atoms with Crippen molar-refractivity contribution in [2.24, 2.45) is 0 Å². The van der Waals surface area contributed by atoms with Crippen molar-refractivity contribution >= 4 is 41.8 Å². The van der Waals surface area contributed by atoms with Gasteiger partial charge in [-0.3, -0.25) is 4.79 Å². The third-order valence-corrected chi connectivity index (χ3v) is 9.96. The van der Waals surface area contributed by atoms with E-state index >= 15 is 0 Å². The van der Waals surface area contributed by atoms with Crippen molar-refractivity contribution in [2.45, 2.75) is 70.6 Å². The van der Waals surface area contributed by atoms with Gasteiger partial charge in [0.2, 0.25) is 0 Å². The van der Waals surface area contributed by atoms with Gasteiger partial charge in [-0.25, -0.2) is 19.2 Å².